The Kier molecular flexibility index (Phi) is 6.27. The van der Waals surface area contributed by atoms with Crippen LogP contribution in [0.15, 0.2) is 0 Å². The van der Waals surface area contributed by atoms with Crippen molar-refractivity contribution in [3.8, 4) is 0 Å². The lowest BCUT2D eigenvalue weighted by Crippen LogP contribution is -2.53. The molecule has 0 aliphatic heterocycles. The van der Waals surface area contributed by atoms with E-state index < -0.39 is 0 Å². The molecule has 2 bridgehead atoms. The van der Waals surface area contributed by atoms with Crippen LogP contribution < -0.4 is 0 Å². The Labute approximate surface area is 177 Å². The van der Waals surface area contributed by atoms with Crippen LogP contribution >= 0.6 is 0 Å². The molecule has 5 aliphatic carbocycles. The van der Waals surface area contributed by atoms with E-state index >= 15 is 0 Å². The molecular formula is C28H50. The van der Waals surface area contributed by atoms with Gasteiger partial charge in [-0.3, -0.25) is 0 Å². The lowest BCUT2D eigenvalue weighted by atomic mass is 9.45. The highest BCUT2D eigenvalue weighted by Crippen LogP contribution is 2.72. The highest BCUT2D eigenvalue weighted by atomic mass is 14.7. The van der Waals surface area contributed by atoms with Crippen LogP contribution in [0.3, 0.4) is 0 Å². The van der Waals surface area contributed by atoms with E-state index in [2.05, 4.69) is 41.5 Å². The van der Waals surface area contributed by atoms with E-state index in [1.54, 1.807) is 38.5 Å². The number of unbranched alkanes of at least 4 members (excludes halogenated alkanes) is 1. The maximum Gasteiger partial charge on any atom is -0.0176 e. The fourth-order valence-electron chi connectivity index (χ4n) is 10.2. The summed E-state index contributed by atoms with van der Waals surface area (Å²) >= 11 is 0. The van der Waals surface area contributed by atoms with Crippen molar-refractivity contribution < 1.29 is 0 Å². The maximum absolute atomic E-state index is 2.72. The van der Waals surface area contributed by atoms with Crippen molar-refractivity contribution in [2.24, 2.45) is 64.6 Å². The highest BCUT2D eigenvalue weighted by molar-refractivity contribution is 5.13. The Bertz CT molecular complexity index is 520. The Morgan fingerprint density at radius 3 is 2.21 bits per heavy atom. The fraction of sp³-hybridized carbons (Fsp3) is 1.00. The van der Waals surface area contributed by atoms with Gasteiger partial charge in [-0.15, -0.1) is 0 Å². The van der Waals surface area contributed by atoms with E-state index in [0.29, 0.717) is 5.41 Å². The van der Waals surface area contributed by atoms with Crippen LogP contribution in [-0.2, 0) is 0 Å². The van der Waals surface area contributed by atoms with E-state index in [9.17, 15) is 0 Å². The van der Waals surface area contributed by atoms with Gasteiger partial charge in [0.25, 0.3) is 0 Å². The molecule has 0 radical (unpaired) electrons. The maximum atomic E-state index is 2.72. The largest absolute Gasteiger partial charge is 0.0654 e. The molecule has 0 saturated heterocycles. The van der Waals surface area contributed by atoms with Gasteiger partial charge in [-0.1, -0.05) is 67.2 Å². The topological polar surface area (TPSA) is 0 Å². The van der Waals surface area contributed by atoms with Gasteiger partial charge in [-0.05, 0) is 110 Å². The van der Waals surface area contributed by atoms with Gasteiger partial charge >= 0.3 is 0 Å². The molecule has 5 aliphatic rings. The number of hydrogen-bond donors (Lipinski definition) is 0. The molecule has 0 spiro atoms. The normalized spacial score (nSPS) is 49.4. The first-order valence-corrected chi connectivity index (χ1v) is 13.4. The van der Waals surface area contributed by atoms with Crippen LogP contribution in [0, 0.1) is 64.6 Å². The quantitative estimate of drug-likeness (QED) is 0.443. The molecular weight excluding hydrogens is 336 g/mol. The van der Waals surface area contributed by atoms with Crippen LogP contribution in [0.2, 0.25) is 0 Å². The van der Waals surface area contributed by atoms with Crippen molar-refractivity contribution in [1.82, 2.24) is 0 Å². The number of fused-ring (bicyclic) bond motifs is 4. The van der Waals surface area contributed by atoms with Gasteiger partial charge in [0, 0.05) is 0 Å². The molecule has 5 saturated carbocycles. The summed E-state index contributed by atoms with van der Waals surface area (Å²) in [5.41, 5.74) is 0.682. The lowest BCUT2D eigenvalue weighted by molar-refractivity contribution is -0.115. The molecule has 0 aromatic heterocycles. The Balaban J connectivity index is 1.84. The average Bonchev–Trinajstić information content (AvgIpc) is 2.90. The smallest absolute Gasteiger partial charge is 0.0176 e. The molecule has 0 amide bonds. The Morgan fingerprint density at radius 1 is 0.821 bits per heavy atom. The minimum Gasteiger partial charge on any atom is -0.0654 e. The first kappa shape index (κ1) is 21.2. The van der Waals surface area contributed by atoms with Crippen LogP contribution in [0.4, 0.5) is 0 Å². The highest BCUT2D eigenvalue weighted by Gasteiger charge is 2.65. The van der Waals surface area contributed by atoms with Gasteiger partial charge in [0.15, 0.2) is 0 Å². The second-order valence-corrected chi connectivity index (χ2v) is 12.4. The van der Waals surface area contributed by atoms with Crippen LogP contribution in [0.25, 0.3) is 0 Å². The van der Waals surface area contributed by atoms with Crippen molar-refractivity contribution in [2.75, 3.05) is 0 Å². The minimum atomic E-state index is 0.682. The third kappa shape index (κ3) is 3.13. The molecule has 10 unspecified atom stereocenters. The molecule has 162 valence electrons. The van der Waals surface area contributed by atoms with Gasteiger partial charge in [0.1, 0.15) is 0 Å². The van der Waals surface area contributed by atoms with Gasteiger partial charge in [0.05, 0.1) is 0 Å². The summed E-state index contributed by atoms with van der Waals surface area (Å²) in [5.74, 6) is 9.98. The average molecular weight is 387 g/mol. The first-order chi connectivity index (χ1) is 13.4. The summed E-state index contributed by atoms with van der Waals surface area (Å²) in [5, 5.41) is 0. The molecule has 28 heavy (non-hydrogen) atoms. The third-order valence-corrected chi connectivity index (χ3v) is 11.0. The van der Waals surface area contributed by atoms with E-state index in [1.807, 2.05) is 0 Å². The molecule has 5 rings (SSSR count). The Morgan fingerprint density at radius 2 is 1.54 bits per heavy atom. The Hall–Kier alpha value is 0. The molecule has 10 atom stereocenters. The minimum absolute atomic E-state index is 0.682. The van der Waals surface area contributed by atoms with Crippen molar-refractivity contribution in [3.63, 3.8) is 0 Å². The molecule has 0 aromatic rings. The van der Waals surface area contributed by atoms with Crippen LogP contribution in [-0.4, -0.2) is 0 Å². The SMILES string of the molecule is CCCCC(C(C)C)C12C3CCC(C(C)C3)C(C)CC1C(C)C1CCCCC12. The van der Waals surface area contributed by atoms with E-state index in [-0.39, 0.29) is 0 Å². The van der Waals surface area contributed by atoms with Crippen molar-refractivity contribution in [2.45, 2.75) is 112 Å². The van der Waals surface area contributed by atoms with E-state index in [0.717, 1.165) is 59.2 Å². The predicted molar refractivity (Wildman–Crippen MR) is 122 cm³/mol. The molecule has 0 nitrogen and oxygen atoms in total. The summed E-state index contributed by atoms with van der Waals surface area (Å²) < 4.78 is 0. The predicted octanol–water partition coefficient (Wildman–Crippen LogP) is 8.60. The lowest BCUT2D eigenvalue weighted by Gasteiger charge is -2.60. The van der Waals surface area contributed by atoms with Crippen LogP contribution in [0.5, 0.6) is 0 Å². The summed E-state index contributed by atoms with van der Waals surface area (Å²) in [6.07, 6.45) is 16.8. The van der Waals surface area contributed by atoms with E-state index in [1.165, 1.54) is 32.1 Å². The summed E-state index contributed by atoms with van der Waals surface area (Å²) in [6.45, 7) is 15.6. The van der Waals surface area contributed by atoms with Crippen LogP contribution in [0.1, 0.15) is 112 Å². The van der Waals surface area contributed by atoms with Gasteiger partial charge in [0.2, 0.25) is 0 Å². The summed E-state index contributed by atoms with van der Waals surface area (Å²) in [6, 6.07) is 0. The van der Waals surface area contributed by atoms with Crippen molar-refractivity contribution >= 4 is 0 Å². The van der Waals surface area contributed by atoms with Crippen molar-refractivity contribution in [1.29, 1.82) is 0 Å². The second-order valence-electron chi connectivity index (χ2n) is 12.4. The van der Waals surface area contributed by atoms with Gasteiger partial charge in [-0.25, -0.2) is 0 Å². The monoisotopic (exact) mass is 386 g/mol. The number of hydrogen-bond acceptors (Lipinski definition) is 0. The molecule has 0 heteroatoms. The third-order valence-electron chi connectivity index (χ3n) is 11.0. The molecule has 0 N–H and O–H groups in total. The number of rotatable bonds is 5. The second kappa shape index (κ2) is 8.26. The van der Waals surface area contributed by atoms with Gasteiger partial charge < -0.3 is 0 Å². The molecule has 0 aromatic carbocycles. The van der Waals surface area contributed by atoms with Crippen molar-refractivity contribution in [3.05, 3.63) is 0 Å². The summed E-state index contributed by atoms with van der Waals surface area (Å²) in [4.78, 5) is 0. The zero-order valence-corrected chi connectivity index (χ0v) is 20.1. The first-order valence-electron chi connectivity index (χ1n) is 13.4. The van der Waals surface area contributed by atoms with Gasteiger partial charge in [-0.2, -0.15) is 0 Å². The summed E-state index contributed by atoms with van der Waals surface area (Å²) in [7, 11) is 0. The fourth-order valence-corrected chi connectivity index (χ4v) is 10.2. The zero-order valence-electron chi connectivity index (χ0n) is 20.1. The molecule has 5 fully saturated rings. The molecule has 0 heterocycles. The zero-order chi connectivity index (χ0) is 20.1. The standard InChI is InChI=1S/C28H50/c1-7-8-12-25(18(2)3)28-22-14-15-23(19(4)16-22)20(5)17-27(28)21(6)24-11-9-10-13-26(24)28/h18-27H,7-17H2,1-6H3. The van der Waals surface area contributed by atoms with E-state index in [4.69, 9.17) is 0 Å².